The van der Waals surface area contributed by atoms with Crippen molar-refractivity contribution in [1.29, 1.82) is 0 Å². The summed E-state index contributed by atoms with van der Waals surface area (Å²) >= 11 is 0. The van der Waals surface area contributed by atoms with Crippen molar-refractivity contribution < 1.29 is 14.3 Å². The van der Waals surface area contributed by atoms with Gasteiger partial charge in [0.15, 0.2) is 0 Å². The summed E-state index contributed by atoms with van der Waals surface area (Å²) in [5, 5.41) is 0.940. The number of hydrogen-bond acceptors (Lipinski definition) is 3. The standard InChI is InChI=1S/C14H16N2O3/c1-2-19-14(18)12-9-10-5-3-4-6-11(10)16(12)8-7-13(15)17/h3-6,9H,2,7-8H2,1H3,(H2,15,17). The molecule has 0 radical (unpaired) electrons. The van der Waals surface area contributed by atoms with Gasteiger partial charge in [0.1, 0.15) is 5.69 Å². The van der Waals surface area contributed by atoms with Gasteiger partial charge >= 0.3 is 5.97 Å². The normalized spacial score (nSPS) is 10.6. The fraction of sp³-hybridized carbons (Fsp3) is 0.286. The lowest BCUT2D eigenvalue weighted by molar-refractivity contribution is -0.118. The van der Waals surface area contributed by atoms with Gasteiger partial charge in [0.25, 0.3) is 0 Å². The van der Waals surface area contributed by atoms with Crippen LogP contribution in [0, 0.1) is 0 Å². The van der Waals surface area contributed by atoms with Crippen molar-refractivity contribution in [2.75, 3.05) is 6.61 Å². The quantitative estimate of drug-likeness (QED) is 0.831. The number of primary amides is 1. The van der Waals surface area contributed by atoms with Gasteiger partial charge in [0, 0.05) is 23.9 Å². The van der Waals surface area contributed by atoms with Crippen molar-refractivity contribution in [3.8, 4) is 0 Å². The number of amides is 1. The lowest BCUT2D eigenvalue weighted by Gasteiger charge is -2.08. The molecule has 2 aromatic rings. The van der Waals surface area contributed by atoms with Crippen LogP contribution in [-0.2, 0) is 16.1 Å². The monoisotopic (exact) mass is 260 g/mol. The van der Waals surface area contributed by atoms with E-state index in [1.54, 1.807) is 17.6 Å². The minimum absolute atomic E-state index is 0.186. The van der Waals surface area contributed by atoms with Gasteiger partial charge in [-0.2, -0.15) is 0 Å². The van der Waals surface area contributed by atoms with Crippen LogP contribution in [0.25, 0.3) is 10.9 Å². The largest absolute Gasteiger partial charge is 0.461 e. The number of rotatable bonds is 5. The molecule has 0 aliphatic rings. The van der Waals surface area contributed by atoms with Crippen LogP contribution >= 0.6 is 0 Å². The number of nitrogens with zero attached hydrogens (tertiary/aromatic N) is 1. The highest BCUT2D eigenvalue weighted by Crippen LogP contribution is 2.21. The van der Waals surface area contributed by atoms with Gasteiger partial charge in [-0.05, 0) is 19.1 Å². The third kappa shape index (κ3) is 2.76. The number of hydrogen-bond donors (Lipinski definition) is 1. The first-order valence-corrected chi connectivity index (χ1v) is 6.17. The average molecular weight is 260 g/mol. The van der Waals surface area contributed by atoms with Crippen LogP contribution in [0.5, 0.6) is 0 Å². The van der Waals surface area contributed by atoms with Crippen LogP contribution in [0.2, 0.25) is 0 Å². The fourth-order valence-corrected chi connectivity index (χ4v) is 2.05. The Morgan fingerprint density at radius 1 is 1.32 bits per heavy atom. The van der Waals surface area contributed by atoms with Crippen molar-refractivity contribution in [1.82, 2.24) is 4.57 Å². The predicted molar refractivity (Wildman–Crippen MR) is 71.7 cm³/mol. The van der Waals surface area contributed by atoms with Crippen LogP contribution < -0.4 is 5.73 Å². The molecule has 0 atom stereocenters. The molecule has 1 aromatic carbocycles. The smallest absolute Gasteiger partial charge is 0.354 e. The molecule has 0 bridgehead atoms. The third-order valence-corrected chi connectivity index (χ3v) is 2.88. The summed E-state index contributed by atoms with van der Waals surface area (Å²) in [4.78, 5) is 22.9. The SMILES string of the molecule is CCOC(=O)c1cc2ccccc2n1CCC(N)=O. The number of para-hydroxylation sites is 1. The number of aryl methyl sites for hydroxylation is 1. The number of esters is 1. The molecule has 0 aliphatic heterocycles. The Balaban J connectivity index is 2.45. The van der Waals surface area contributed by atoms with E-state index in [2.05, 4.69) is 0 Å². The maximum atomic E-state index is 11.9. The third-order valence-electron chi connectivity index (χ3n) is 2.88. The molecule has 2 N–H and O–H groups in total. The Morgan fingerprint density at radius 3 is 2.74 bits per heavy atom. The van der Waals surface area contributed by atoms with Crippen LogP contribution in [-0.4, -0.2) is 23.1 Å². The second-order valence-electron chi connectivity index (χ2n) is 4.18. The zero-order chi connectivity index (χ0) is 13.8. The van der Waals surface area contributed by atoms with E-state index in [-0.39, 0.29) is 12.4 Å². The Labute approximate surface area is 110 Å². The maximum absolute atomic E-state index is 11.9. The highest BCUT2D eigenvalue weighted by Gasteiger charge is 2.16. The molecule has 2 rings (SSSR count). The fourth-order valence-electron chi connectivity index (χ4n) is 2.05. The number of fused-ring (bicyclic) bond motifs is 1. The Hall–Kier alpha value is -2.30. The van der Waals surface area contributed by atoms with E-state index >= 15 is 0 Å². The zero-order valence-electron chi connectivity index (χ0n) is 10.8. The molecule has 0 aliphatic carbocycles. The summed E-state index contributed by atoms with van der Waals surface area (Å²) in [5.74, 6) is -0.782. The molecular weight excluding hydrogens is 244 g/mol. The van der Waals surface area contributed by atoms with E-state index in [1.165, 1.54) is 0 Å². The van der Waals surface area contributed by atoms with Crippen LogP contribution in [0.3, 0.4) is 0 Å². The first-order valence-electron chi connectivity index (χ1n) is 6.17. The van der Waals surface area contributed by atoms with E-state index in [4.69, 9.17) is 10.5 Å². The number of carbonyl (C=O) groups is 2. The van der Waals surface area contributed by atoms with Gasteiger partial charge in [-0.3, -0.25) is 4.79 Å². The average Bonchev–Trinajstić information content (AvgIpc) is 2.75. The minimum Gasteiger partial charge on any atom is -0.461 e. The predicted octanol–water partition coefficient (Wildman–Crippen LogP) is 1.69. The Kier molecular flexibility index (Phi) is 3.85. The molecule has 0 spiro atoms. The minimum atomic E-state index is -0.396. The summed E-state index contributed by atoms with van der Waals surface area (Å²) in [6.45, 7) is 2.45. The zero-order valence-corrected chi connectivity index (χ0v) is 10.8. The summed E-state index contributed by atoms with van der Waals surface area (Å²) in [6.07, 6.45) is 0.186. The van der Waals surface area contributed by atoms with Crippen LogP contribution in [0.1, 0.15) is 23.8 Å². The van der Waals surface area contributed by atoms with Gasteiger partial charge in [0.2, 0.25) is 5.91 Å². The molecule has 5 heteroatoms. The van der Waals surface area contributed by atoms with Gasteiger partial charge < -0.3 is 15.0 Å². The molecule has 100 valence electrons. The number of carbonyl (C=O) groups excluding carboxylic acids is 2. The number of nitrogens with two attached hydrogens (primary N) is 1. The molecule has 19 heavy (non-hydrogen) atoms. The lowest BCUT2D eigenvalue weighted by atomic mass is 10.2. The Bertz CT molecular complexity index is 616. The van der Waals surface area contributed by atoms with Crippen molar-refractivity contribution in [3.63, 3.8) is 0 Å². The number of aromatic nitrogens is 1. The molecule has 0 saturated carbocycles. The number of ether oxygens (including phenoxy) is 1. The molecule has 0 fully saturated rings. The van der Waals surface area contributed by atoms with Crippen LogP contribution in [0.4, 0.5) is 0 Å². The summed E-state index contributed by atoms with van der Waals surface area (Å²) in [6, 6.07) is 9.37. The molecule has 1 aromatic heterocycles. The summed E-state index contributed by atoms with van der Waals surface area (Å²) in [7, 11) is 0. The first kappa shape index (κ1) is 13.1. The summed E-state index contributed by atoms with van der Waals surface area (Å²) in [5.41, 5.74) is 6.51. The van der Waals surface area contributed by atoms with Gasteiger partial charge in [0.05, 0.1) is 6.61 Å². The lowest BCUT2D eigenvalue weighted by Crippen LogP contribution is -2.17. The Morgan fingerprint density at radius 2 is 2.05 bits per heavy atom. The van der Waals surface area contributed by atoms with Crippen molar-refractivity contribution in [3.05, 3.63) is 36.0 Å². The molecular formula is C14H16N2O3. The van der Waals surface area contributed by atoms with Gasteiger partial charge in [-0.25, -0.2) is 4.79 Å². The highest BCUT2D eigenvalue weighted by molar-refractivity contribution is 5.95. The second-order valence-corrected chi connectivity index (χ2v) is 4.18. The molecule has 0 unspecified atom stereocenters. The first-order chi connectivity index (χ1) is 9.13. The van der Waals surface area contributed by atoms with Crippen molar-refractivity contribution in [2.24, 2.45) is 5.73 Å². The van der Waals surface area contributed by atoms with Gasteiger partial charge in [-0.1, -0.05) is 18.2 Å². The van der Waals surface area contributed by atoms with Crippen molar-refractivity contribution in [2.45, 2.75) is 19.9 Å². The second kappa shape index (κ2) is 5.56. The van der Waals surface area contributed by atoms with Crippen LogP contribution in [0.15, 0.2) is 30.3 Å². The summed E-state index contributed by atoms with van der Waals surface area (Å²) < 4.78 is 6.80. The van der Waals surface area contributed by atoms with Gasteiger partial charge in [-0.15, -0.1) is 0 Å². The maximum Gasteiger partial charge on any atom is 0.354 e. The van der Waals surface area contributed by atoms with E-state index in [0.717, 1.165) is 10.9 Å². The number of benzene rings is 1. The van der Waals surface area contributed by atoms with E-state index in [0.29, 0.717) is 18.8 Å². The molecule has 0 saturated heterocycles. The van der Waals surface area contributed by atoms with Crippen molar-refractivity contribution >= 4 is 22.8 Å². The van der Waals surface area contributed by atoms with E-state index < -0.39 is 5.91 Å². The molecule has 1 heterocycles. The topological polar surface area (TPSA) is 74.3 Å². The highest BCUT2D eigenvalue weighted by atomic mass is 16.5. The molecule has 1 amide bonds. The van der Waals surface area contributed by atoms with E-state index in [1.807, 2.05) is 24.3 Å². The van der Waals surface area contributed by atoms with E-state index in [9.17, 15) is 9.59 Å². The molecule has 5 nitrogen and oxygen atoms in total.